The summed E-state index contributed by atoms with van der Waals surface area (Å²) in [5, 5.41) is 19.6. The number of hydrazine groups is 1. The van der Waals surface area contributed by atoms with E-state index in [1.807, 2.05) is 0 Å². The standard InChI is InChI=1S/C19H28F2N6O4/c20-8-15-22-17(16(21)18(23-15)26-6-5-14(29)10-26)24-25-19(30)13(9-27(31)11-28)7-12-3-1-2-4-12/h11-14,29,31H,1-10H2,(H,25,30)(H,22,23,24)/t13-,14+/m1/s1. The van der Waals surface area contributed by atoms with Gasteiger partial charge in [0.2, 0.25) is 18.1 Å². The quantitative estimate of drug-likeness (QED) is 0.241. The SMILES string of the molecule is O=CN(O)C[C@@H](CC1CCCC1)C(=O)NNc1nc(CF)nc(N2CC[C@H](O)C2)c1F. The van der Waals surface area contributed by atoms with Crippen molar-refractivity contribution in [2.45, 2.75) is 51.3 Å². The predicted molar refractivity (Wildman–Crippen MR) is 106 cm³/mol. The monoisotopic (exact) mass is 442 g/mol. The van der Waals surface area contributed by atoms with Crippen molar-refractivity contribution in [1.82, 2.24) is 20.5 Å². The number of carbonyl (C=O) groups excluding carboxylic acids is 2. The maximum absolute atomic E-state index is 14.9. The zero-order valence-corrected chi connectivity index (χ0v) is 17.1. The fraction of sp³-hybridized carbons (Fsp3) is 0.684. The molecule has 0 aromatic carbocycles. The molecular weight excluding hydrogens is 414 g/mol. The number of aliphatic hydroxyl groups is 1. The molecule has 2 amide bonds. The first-order chi connectivity index (χ1) is 14.9. The normalized spacial score (nSPS) is 20.0. The third kappa shape index (κ3) is 5.97. The lowest BCUT2D eigenvalue weighted by atomic mass is 9.92. The lowest BCUT2D eigenvalue weighted by Gasteiger charge is -2.23. The molecule has 12 heteroatoms. The number of carbonyl (C=O) groups is 2. The van der Waals surface area contributed by atoms with E-state index in [1.165, 1.54) is 4.90 Å². The van der Waals surface area contributed by atoms with E-state index in [-0.39, 0.29) is 31.1 Å². The Morgan fingerprint density at radius 1 is 1.32 bits per heavy atom. The first kappa shape index (κ1) is 23.1. The maximum atomic E-state index is 14.9. The zero-order chi connectivity index (χ0) is 22.4. The number of nitrogens with one attached hydrogen (secondary N) is 2. The highest BCUT2D eigenvalue weighted by Crippen LogP contribution is 2.31. The lowest BCUT2D eigenvalue weighted by molar-refractivity contribution is -0.154. The van der Waals surface area contributed by atoms with Crippen molar-refractivity contribution in [2.24, 2.45) is 11.8 Å². The molecule has 0 unspecified atom stereocenters. The van der Waals surface area contributed by atoms with Crippen LogP contribution < -0.4 is 15.8 Å². The van der Waals surface area contributed by atoms with Crippen LogP contribution in [0.5, 0.6) is 0 Å². The first-order valence-corrected chi connectivity index (χ1v) is 10.4. The summed E-state index contributed by atoms with van der Waals surface area (Å²) in [5.41, 5.74) is 4.75. The third-order valence-electron chi connectivity index (χ3n) is 5.76. The van der Waals surface area contributed by atoms with Gasteiger partial charge in [0.1, 0.15) is 6.67 Å². The number of hydrogen-bond acceptors (Lipinski definition) is 8. The fourth-order valence-corrected chi connectivity index (χ4v) is 4.17. The molecule has 10 nitrogen and oxygen atoms in total. The Morgan fingerprint density at radius 2 is 2.06 bits per heavy atom. The second-order valence-electron chi connectivity index (χ2n) is 8.07. The summed E-state index contributed by atoms with van der Waals surface area (Å²) in [5.74, 6) is -2.66. The average molecular weight is 442 g/mol. The van der Waals surface area contributed by atoms with Crippen LogP contribution in [-0.4, -0.2) is 63.4 Å². The summed E-state index contributed by atoms with van der Waals surface area (Å²) < 4.78 is 28.2. The smallest absolute Gasteiger partial charge is 0.243 e. The van der Waals surface area contributed by atoms with Gasteiger partial charge in [0, 0.05) is 13.1 Å². The van der Waals surface area contributed by atoms with Crippen LogP contribution in [0.3, 0.4) is 0 Å². The van der Waals surface area contributed by atoms with Gasteiger partial charge in [-0.15, -0.1) is 0 Å². The molecule has 1 aromatic rings. The Kier molecular flexibility index (Phi) is 7.91. The highest BCUT2D eigenvalue weighted by atomic mass is 19.1. The molecule has 172 valence electrons. The van der Waals surface area contributed by atoms with Crippen LogP contribution in [-0.2, 0) is 16.3 Å². The van der Waals surface area contributed by atoms with Gasteiger partial charge in [0.15, 0.2) is 17.5 Å². The number of nitrogens with zero attached hydrogens (tertiary/aromatic N) is 4. The van der Waals surface area contributed by atoms with E-state index < -0.39 is 36.2 Å². The number of aromatic nitrogens is 2. The number of anilines is 2. The van der Waals surface area contributed by atoms with E-state index in [0.29, 0.717) is 30.4 Å². The van der Waals surface area contributed by atoms with Gasteiger partial charge in [0.25, 0.3) is 0 Å². The molecule has 2 fully saturated rings. The molecule has 1 aliphatic carbocycles. The van der Waals surface area contributed by atoms with Crippen molar-refractivity contribution in [3.63, 3.8) is 0 Å². The van der Waals surface area contributed by atoms with Crippen molar-refractivity contribution in [3.8, 4) is 0 Å². The van der Waals surface area contributed by atoms with Gasteiger partial charge in [-0.3, -0.25) is 25.6 Å². The zero-order valence-electron chi connectivity index (χ0n) is 17.1. The number of β-amino-alcohol motifs (C(OH)–C–C–N with tert-alkyl or cyclic N) is 1. The molecule has 2 heterocycles. The number of aliphatic hydroxyl groups excluding tert-OH is 1. The average Bonchev–Trinajstić information content (AvgIpc) is 3.43. The molecule has 3 rings (SSSR count). The Hall–Kier alpha value is -2.60. The number of hydroxylamine groups is 2. The summed E-state index contributed by atoms with van der Waals surface area (Å²) in [4.78, 5) is 32.6. The summed E-state index contributed by atoms with van der Waals surface area (Å²) in [6.45, 7) is -0.719. The Bertz CT molecular complexity index is 780. The highest BCUT2D eigenvalue weighted by Gasteiger charge is 2.29. The van der Waals surface area contributed by atoms with Crippen molar-refractivity contribution >= 4 is 24.0 Å². The van der Waals surface area contributed by atoms with Gasteiger partial charge in [-0.2, -0.15) is 4.39 Å². The molecule has 0 radical (unpaired) electrons. The third-order valence-corrected chi connectivity index (χ3v) is 5.76. The van der Waals surface area contributed by atoms with Crippen LogP contribution >= 0.6 is 0 Å². The molecule has 0 bridgehead atoms. The van der Waals surface area contributed by atoms with E-state index in [9.17, 15) is 28.7 Å². The molecule has 31 heavy (non-hydrogen) atoms. The van der Waals surface area contributed by atoms with Gasteiger partial charge >= 0.3 is 0 Å². The van der Waals surface area contributed by atoms with Gasteiger partial charge in [-0.25, -0.2) is 19.4 Å². The minimum atomic E-state index is -1.03. The van der Waals surface area contributed by atoms with E-state index >= 15 is 0 Å². The lowest BCUT2D eigenvalue weighted by Crippen LogP contribution is -2.41. The minimum absolute atomic E-state index is 0.152. The number of halogens is 2. The summed E-state index contributed by atoms with van der Waals surface area (Å²) in [7, 11) is 0. The van der Waals surface area contributed by atoms with Crippen LogP contribution in [0.4, 0.5) is 20.4 Å². The second-order valence-corrected chi connectivity index (χ2v) is 8.07. The largest absolute Gasteiger partial charge is 0.391 e. The summed E-state index contributed by atoms with van der Waals surface area (Å²) in [6, 6.07) is 0. The van der Waals surface area contributed by atoms with Crippen LogP contribution in [0.2, 0.25) is 0 Å². The van der Waals surface area contributed by atoms with Crippen molar-refractivity contribution in [3.05, 3.63) is 11.6 Å². The van der Waals surface area contributed by atoms with E-state index in [2.05, 4.69) is 20.8 Å². The molecule has 1 aliphatic heterocycles. The van der Waals surface area contributed by atoms with Gasteiger partial charge < -0.3 is 10.0 Å². The molecule has 2 atom stereocenters. The van der Waals surface area contributed by atoms with E-state index in [1.54, 1.807) is 0 Å². The summed E-state index contributed by atoms with van der Waals surface area (Å²) >= 11 is 0. The van der Waals surface area contributed by atoms with Crippen molar-refractivity contribution < 1.29 is 28.7 Å². The van der Waals surface area contributed by atoms with Crippen molar-refractivity contribution in [2.75, 3.05) is 30.0 Å². The Labute approximate surface area is 178 Å². The number of amides is 2. The molecule has 2 aliphatic rings. The molecule has 0 spiro atoms. The predicted octanol–water partition coefficient (Wildman–Crippen LogP) is 1.14. The molecule has 1 saturated heterocycles. The topological polar surface area (TPSA) is 131 Å². The van der Waals surface area contributed by atoms with E-state index in [4.69, 9.17) is 0 Å². The van der Waals surface area contributed by atoms with Crippen LogP contribution in [0.1, 0.15) is 44.3 Å². The highest BCUT2D eigenvalue weighted by molar-refractivity contribution is 5.80. The maximum Gasteiger partial charge on any atom is 0.243 e. The fourth-order valence-electron chi connectivity index (χ4n) is 4.17. The Balaban J connectivity index is 1.71. The summed E-state index contributed by atoms with van der Waals surface area (Å²) in [6.07, 6.45) is 4.57. The Morgan fingerprint density at radius 3 is 2.68 bits per heavy atom. The molecule has 4 N–H and O–H groups in total. The van der Waals surface area contributed by atoms with Crippen LogP contribution in [0.15, 0.2) is 0 Å². The second kappa shape index (κ2) is 10.6. The molecule has 1 aromatic heterocycles. The van der Waals surface area contributed by atoms with Gasteiger partial charge in [0.05, 0.1) is 18.6 Å². The number of hydrogen-bond donors (Lipinski definition) is 4. The number of alkyl halides is 1. The first-order valence-electron chi connectivity index (χ1n) is 10.4. The molecule has 1 saturated carbocycles. The van der Waals surface area contributed by atoms with Crippen LogP contribution in [0.25, 0.3) is 0 Å². The van der Waals surface area contributed by atoms with Crippen molar-refractivity contribution in [1.29, 1.82) is 0 Å². The number of rotatable bonds is 10. The van der Waals surface area contributed by atoms with Crippen LogP contribution in [0, 0.1) is 17.7 Å². The van der Waals surface area contributed by atoms with Gasteiger partial charge in [-0.1, -0.05) is 25.7 Å². The molecular formula is C19H28F2N6O4. The van der Waals surface area contributed by atoms with E-state index in [0.717, 1.165) is 25.7 Å². The van der Waals surface area contributed by atoms with Gasteiger partial charge in [-0.05, 0) is 18.8 Å². The minimum Gasteiger partial charge on any atom is -0.391 e.